The maximum Gasteiger partial charge on any atom is 0.305 e. The summed E-state index contributed by atoms with van der Waals surface area (Å²) in [6.45, 7) is 4.33. The van der Waals surface area contributed by atoms with Gasteiger partial charge in [-0.15, -0.1) is 0 Å². The van der Waals surface area contributed by atoms with E-state index < -0.39 is 49.5 Å². The van der Waals surface area contributed by atoms with Crippen LogP contribution in [-0.2, 0) is 23.8 Å². The van der Waals surface area contributed by atoms with Crippen LogP contribution in [0, 0.1) is 0 Å². The van der Waals surface area contributed by atoms with Gasteiger partial charge >= 0.3 is 5.97 Å². The van der Waals surface area contributed by atoms with Crippen molar-refractivity contribution >= 4 is 11.9 Å². The first-order valence-corrected chi connectivity index (χ1v) is 36.3. The lowest BCUT2D eigenvalue weighted by atomic mass is 9.99. The van der Waals surface area contributed by atoms with E-state index in [1.807, 2.05) is 6.08 Å². The van der Waals surface area contributed by atoms with Crippen LogP contribution in [-0.4, -0.2) is 100 Å². The molecule has 1 aliphatic heterocycles. The molecule has 0 radical (unpaired) electrons. The lowest BCUT2D eigenvalue weighted by molar-refractivity contribution is -0.302. The number of amides is 1. The molecule has 11 heteroatoms. The molecule has 0 saturated carbocycles. The van der Waals surface area contributed by atoms with Gasteiger partial charge in [0, 0.05) is 12.8 Å². The standard InChI is InChI=1S/C73H137NO10/c1-3-5-7-9-11-13-14-15-16-35-38-41-45-49-53-57-61-69(78)82-62-58-54-50-46-42-39-36-33-31-29-27-25-23-21-19-17-18-20-22-24-26-28-30-32-34-37-40-44-48-52-56-60-68(77)74-65(66(76)59-55-51-47-43-12-10-8-6-4-2)64-83-73-72(81)71(80)70(79)67(63-75)84-73/h13-14,16,35,55,59,65-67,70-73,75-76,79-81H,3-12,15,17-34,36-54,56-58,60-64H2,1-2H3,(H,74,77)/b14-13-,35-16-,59-55+. The SMILES string of the molecule is CCCCCC/C=C\C/C=C\CCCCCCCC(=O)OCCCCCCCCCCCCCCCCCCCCCCCCCCCCCCCCCC(=O)NC(COC1OC(CO)C(O)C(O)C1O)C(O)/C=C/CCCCCCCCC. The van der Waals surface area contributed by atoms with Crippen molar-refractivity contribution in [1.29, 1.82) is 0 Å². The highest BCUT2D eigenvalue weighted by molar-refractivity contribution is 5.76. The first-order chi connectivity index (χ1) is 41.2. The normalized spacial score (nSPS) is 18.2. The number of ether oxygens (including phenoxy) is 3. The second kappa shape index (κ2) is 62.5. The summed E-state index contributed by atoms with van der Waals surface area (Å²) in [5, 5.41) is 54.3. The molecule has 0 aromatic carbocycles. The third-order valence-corrected chi connectivity index (χ3v) is 17.2. The van der Waals surface area contributed by atoms with E-state index in [9.17, 15) is 35.1 Å². The number of rotatable bonds is 64. The van der Waals surface area contributed by atoms with E-state index in [1.165, 1.54) is 263 Å². The van der Waals surface area contributed by atoms with Crippen LogP contribution in [0.4, 0.5) is 0 Å². The molecule has 0 bridgehead atoms. The molecule has 7 atom stereocenters. The van der Waals surface area contributed by atoms with Gasteiger partial charge in [0.1, 0.15) is 24.4 Å². The van der Waals surface area contributed by atoms with Gasteiger partial charge in [-0.3, -0.25) is 9.59 Å². The van der Waals surface area contributed by atoms with Gasteiger partial charge in [-0.05, 0) is 64.2 Å². The number of aliphatic hydroxyl groups is 5. The summed E-state index contributed by atoms with van der Waals surface area (Å²) >= 11 is 0. The molecule has 7 unspecified atom stereocenters. The minimum Gasteiger partial charge on any atom is -0.466 e. The first-order valence-electron chi connectivity index (χ1n) is 36.3. The lowest BCUT2D eigenvalue weighted by Crippen LogP contribution is -2.60. The summed E-state index contributed by atoms with van der Waals surface area (Å²) in [5.74, 6) is -0.179. The number of carbonyl (C=O) groups is 2. The number of unbranched alkanes of at least 4 members (excludes halogenated alkanes) is 46. The highest BCUT2D eigenvalue weighted by Gasteiger charge is 2.44. The van der Waals surface area contributed by atoms with Gasteiger partial charge < -0.3 is 45.1 Å². The monoisotopic (exact) mass is 1190 g/mol. The molecule has 0 aliphatic carbocycles. The van der Waals surface area contributed by atoms with Crippen LogP contribution in [0.1, 0.15) is 354 Å². The number of allylic oxidation sites excluding steroid dienone is 5. The van der Waals surface area contributed by atoms with Crippen molar-refractivity contribution in [3.05, 3.63) is 36.5 Å². The Morgan fingerprint density at radius 1 is 0.440 bits per heavy atom. The van der Waals surface area contributed by atoms with Crippen molar-refractivity contribution in [1.82, 2.24) is 5.32 Å². The smallest absolute Gasteiger partial charge is 0.305 e. The second-order valence-corrected chi connectivity index (χ2v) is 25.3. The van der Waals surface area contributed by atoms with Crippen LogP contribution in [0.3, 0.4) is 0 Å². The van der Waals surface area contributed by atoms with Crippen LogP contribution in [0.25, 0.3) is 0 Å². The Kier molecular flexibility index (Phi) is 59.4. The Morgan fingerprint density at radius 2 is 0.798 bits per heavy atom. The zero-order valence-corrected chi connectivity index (χ0v) is 54.9. The minimum absolute atomic E-state index is 0.000502. The van der Waals surface area contributed by atoms with Crippen LogP contribution < -0.4 is 5.32 Å². The molecule has 1 rings (SSSR count). The van der Waals surface area contributed by atoms with Crippen molar-refractivity contribution in [3.8, 4) is 0 Å². The van der Waals surface area contributed by atoms with Gasteiger partial charge in [-0.25, -0.2) is 0 Å². The van der Waals surface area contributed by atoms with Crippen LogP contribution in [0.15, 0.2) is 36.5 Å². The predicted octanol–water partition coefficient (Wildman–Crippen LogP) is 18.6. The third kappa shape index (κ3) is 50.8. The van der Waals surface area contributed by atoms with Gasteiger partial charge in [0.25, 0.3) is 0 Å². The molecule has 1 fully saturated rings. The van der Waals surface area contributed by atoms with Gasteiger partial charge in [-0.2, -0.15) is 0 Å². The van der Waals surface area contributed by atoms with Gasteiger partial charge in [0.05, 0.1) is 32.0 Å². The van der Waals surface area contributed by atoms with E-state index in [0.29, 0.717) is 19.4 Å². The van der Waals surface area contributed by atoms with E-state index in [4.69, 9.17) is 14.2 Å². The Bertz CT molecular complexity index is 1490. The quantitative estimate of drug-likeness (QED) is 0.0195. The zero-order valence-electron chi connectivity index (χ0n) is 54.9. The van der Waals surface area contributed by atoms with E-state index >= 15 is 0 Å². The topological polar surface area (TPSA) is 175 Å². The average Bonchev–Trinajstić information content (AvgIpc) is 3.68. The molecule has 1 saturated heterocycles. The van der Waals surface area contributed by atoms with Gasteiger partial charge in [-0.1, -0.05) is 314 Å². The largest absolute Gasteiger partial charge is 0.466 e. The highest BCUT2D eigenvalue weighted by atomic mass is 16.7. The maximum absolute atomic E-state index is 13.0. The minimum atomic E-state index is -1.57. The highest BCUT2D eigenvalue weighted by Crippen LogP contribution is 2.23. The summed E-state index contributed by atoms with van der Waals surface area (Å²) < 4.78 is 16.7. The average molecular weight is 1190 g/mol. The van der Waals surface area contributed by atoms with Crippen molar-refractivity contribution in [2.45, 2.75) is 397 Å². The Balaban J connectivity index is 1.88. The number of hydrogen-bond acceptors (Lipinski definition) is 10. The predicted molar refractivity (Wildman–Crippen MR) is 352 cm³/mol. The van der Waals surface area contributed by atoms with E-state index in [1.54, 1.807) is 6.08 Å². The van der Waals surface area contributed by atoms with E-state index in [-0.39, 0.29) is 18.5 Å². The van der Waals surface area contributed by atoms with Crippen molar-refractivity contribution in [2.75, 3.05) is 19.8 Å². The van der Waals surface area contributed by atoms with Crippen molar-refractivity contribution in [3.63, 3.8) is 0 Å². The van der Waals surface area contributed by atoms with Crippen molar-refractivity contribution in [2.24, 2.45) is 0 Å². The molecule has 84 heavy (non-hydrogen) atoms. The fourth-order valence-corrected chi connectivity index (χ4v) is 11.5. The molecule has 1 heterocycles. The number of nitrogens with one attached hydrogen (secondary N) is 1. The summed E-state index contributed by atoms with van der Waals surface area (Å²) in [5.41, 5.74) is 0. The van der Waals surface area contributed by atoms with Crippen LogP contribution in [0.2, 0.25) is 0 Å². The fourth-order valence-electron chi connectivity index (χ4n) is 11.5. The van der Waals surface area contributed by atoms with Gasteiger partial charge in [0.2, 0.25) is 5.91 Å². The number of aliphatic hydroxyl groups excluding tert-OH is 5. The molecule has 1 amide bonds. The Labute approximate surface area is 517 Å². The van der Waals surface area contributed by atoms with Gasteiger partial charge in [0.15, 0.2) is 6.29 Å². The fraction of sp³-hybridized carbons (Fsp3) is 0.890. The molecular weight excluding hydrogens is 1050 g/mol. The summed E-state index contributed by atoms with van der Waals surface area (Å²) in [7, 11) is 0. The first kappa shape index (κ1) is 79.9. The van der Waals surface area contributed by atoms with E-state index in [2.05, 4.69) is 43.5 Å². The van der Waals surface area contributed by atoms with Crippen molar-refractivity contribution < 1.29 is 49.3 Å². The Morgan fingerprint density at radius 3 is 1.21 bits per heavy atom. The molecule has 0 spiro atoms. The molecule has 0 aromatic rings. The molecule has 1 aliphatic rings. The molecular formula is C73H137NO10. The second-order valence-electron chi connectivity index (χ2n) is 25.3. The number of esters is 1. The maximum atomic E-state index is 13.0. The number of hydrogen-bond donors (Lipinski definition) is 6. The summed E-state index contributed by atoms with van der Waals surface area (Å²) in [6.07, 6.45) is 70.2. The number of carbonyl (C=O) groups excluding carboxylic acids is 2. The summed E-state index contributed by atoms with van der Waals surface area (Å²) in [4.78, 5) is 25.1. The van der Waals surface area contributed by atoms with Crippen LogP contribution in [0.5, 0.6) is 0 Å². The molecule has 494 valence electrons. The zero-order chi connectivity index (χ0) is 60.9. The lowest BCUT2D eigenvalue weighted by Gasteiger charge is -2.40. The molecule has 6 N–H and O–H groups in total. The third-order valence-electron chi connectivity index (χ3n) is 17.2. The Hall–Kier alpha value is -2.12. The van der Waals surface area contributed by atoms with E-state index in [0.717, 1.165) is 64.2 Å². The van der Waals surface area contributed by atoms with Crippen LogP contribution >= 0.6 is 0 Å². The molecule has 11 nitrogen and oxygen atoms in total. The summed E-state index contributed by atoms with van der Waals surface area (Å²) in [6, 6.07) is -0.805. The molecule has 0 aromatic heterocycles.